The molecule has 6 heteroatoms. The Hall–Kier alpha value is -2.21. The van der Waals surface area contributed by atoms with Gasteiger partial charge in [0.2, 0.25) is 0 Å². The zero-order chi connectivity index (χ0) is 20.3. The van der Waals surface area contributed by atoms with E-state index in [4.69, 9.17) is 16.6 Å². The summed E-state index contributed by atoms with van der Waals surface area (Å²) >= 11 is 7.75. The highest BCUT2D eigenvalue weighted by atomic mass is 35.5. The Morgan fingerprint density at radius 1 is 1.18 bits per heavy atom. The lowest BCUT2D eigenvalue weighted by Gasteiger charge is -2.20. The summed E-state index contributed by atoms with van der Waals surface area (Å²) in [5.41, 5.74) is 4.11. The molecule has 146 valence electrons. The first-order valence-electron chi connectivity index (χ1n) is 9.12. The maximum Gasteiger partial charge on any atom is 0.252 e. The highest BCUT2D eigenvalue weighted by molar-refractivity contribution is 7.22. The number of benzene rings is 2. The van der Waals surface area contributed by atoms with E-state index in [0.717, 1.165) is 33.0 Å². The summed E-state index contributed by atoms with van der Waals surface area (Å²) in [7, 11) is 3.99. The van der Waals surface area contributed by atoms with E-state index in [0.29, 0.717) is 11.6 Å². The van der Waals surface area contributed by atoms with Crippen molar-refractivity contribution in [2.24, 2.45) is 0 Å². The van der Waals surface area contributed by atoms with Gasteiger partial charge in [-0.2, -0.15) is 0 Å². The number of anilines is 1. The van der Waals surface area contributed by atoms with Gasteiger partial charge in [0.15, 0.2) is 5.13 Å². The average molecular weight is 414 g/mol. The van der Waals surface area contributed by atoms with Gasteiger partial charge < -0.3 is 4.90 Å². The Bertz CT molecular complexity index is 1030. The van der Waals surface area contributed by atoms with E-state index in [1.54, 1.807) is 28.4 Å². The van der Waals surface area contributed by atoms with Crippen molar-refractivity contribution in [1.29, 1.82) is 0 Å². The maximum absolute atomic E-state index is 13.0. The lowest BCUT2D eigenvalue weighted by Crippen LogP contribution is -2.35. The highest BCUT2D eigenvalue weighted by Crippen LogP contribution is 2.32. The second-order valence-corrected chi connectivity index (χ2v) is 8.49. The highest BCUT2D eigenvalue weighted by Gasteiger charge is 2.19. The summed E-state index contributed by atoms with van der Waals surface area (Å²) in [5.74, 6) is -0.102. The molecule has 1 heterocycles. The molecule has 0 saturated heterocycles. The number of aryl methyl sites for hydroxylation is 2. The third kappa shape index (κ3) is 4.79. The van der Waals surface area contributed by atoms with Crippen LogP contribution in [0.2, 0.25) is 5.02 Å². The van der Waals surface area contributed by atoms with Crippen molar-refractivity contribution in [3.63, 3.8) is 0 Å². The number of carbonyl (C=O) groups is 1. The number of hydrogen-bond acceptors (Lipinski definition) is 4. The molecule has 0 spiro atoms. The molecule has 4 nitrogen and oxygen atoms in total. The van der Waals surface area contributed by atoms with Gasteiger partial charge in [-0.15, -0.1) is 0 Å². The molecular formula is C22H24ClN3OS. The minimum absolute atomic E-state index is 0.102. The topological polar surface area (TPSA) is 36.4 Å². The Morgan fingerprint density at radius 2 is 1.93 bits per heavy atom. The van der Waals surface area contributed by atoms with Crippen LogP contribution < -0.4 is 4.90 Å². The lowest BCUT2D eigenvalue weighted by atomic mass is 10.1. The Balaban J connectivity index is 1.93. The van der Waals surface area contributed by atoms with Gasteiger partial charge in [0, 0.05) is 24.2 Å². The number of amides is 1. The predicted octanol–water partition coefficient (Wildman–Crippen LogP) is 5.17. The molecule has 2 aromatic carbocycles. The zero-order valence-corrected chi connectivity index (χ0v) is 18.1. The van der Waals surface area contributed by atoms with Crippen LogP contribution >= 0.6 is 22.9 Å². The van der Waals surface area contributed by atoms with Crippen LogP contribution in [-0.4, -0.2) is 43.0 Å². The van der Waals surface area contributed by atoms with E-state index in [1.165, 1.54) is 5.56 Å². The smallest absolute Gasteiger partial charge is 0.252 e. The van der Waals surface area contributed by atoms with Crippen molar-refractivity contribution < 1.29 is 4.79 Å². The Labute approximate surface area is 175 Å². The first-order chi connectivity index (χ1) is 13.3. The molecule has 0 radical (unpaired) electrons. The minimum atomic E-state index is -0.102. The summed E-state index contributed by atoms with van der Waals surface area (Å²) in [4.78, 5) is 21.6. The normalized spacial score (nSPS) is 11.6. The van der Waals surface area contributed by atoms with E-state index < -0.39 is 0 Å². The summed E-state index contributed by atoms with van der Waals surface area (Å²) in [5, 5.41) is 1.34. The molecule has 0 atom stereocenters. The lowest BCUT2D eigenvalue weighted by molar-refractivity contribution is -0.114. The Morgan fingerprint density at radius 3 is 2.64 bits per heavy atom. The zero-order valence-electron chi connectivity index (χ0n) is 16.6. The number of hydrogen-bond donors (Lipinski definition) is 0. The molecule has 3 rings (SSSR count). The molecule has 28 heavy (non-hydrogen) atoms. The molecule has 1 aromatic heterocycles. The van der Waals surface area contributed by atoms with Crippen molar-refractivity contribution in [2.75, 3.05) is 32.1 Å². The predicted molar refractivity (Wildman–Crippen MR) is 120 cm³/mol. The number of thiazole rings is 1. The molecular weight excluding hydrogens is 390 g/mol. The van der Waals surface area contributed by atoms with Crippen LogP contribution in [0.1, 0.15) is 16.7 Å². The monoisotopic (exact) mass is 413 g/mol. The van der Waals surface area contributed by atoms with Crippen molar-refractivity contribution >= 4 is 50.3 Å². The third-order valence-corrected chi connectivity index (χ3v) is 5.77. The molecule has 1 amide bonds. The molecule has 0 aliphatic heterocycles. The molecule has 0 aliphatic carbocycles. The van der Waals surface area contributed by atoms with E-state index >= 15 is 0 Å². The van der Waals surface area contributed by atoms with Crippen LogP contribution in [0.15, 0.2) is 42.5 Å². The van der Waals surface area contributed by atoms with Crippen molar-refractivity contribution in [2.45, 2.75) is 13.8 Å². The second-order valence-electron chi connectivity index (χ2n) is 7.07. The van der Waals surface area contributed by atoms with Crippen molar-refractivity contribution in [3.8, 4) is 0 Å². The average Bonchev–Trinajstić information content (AvgIpc) is 3.05. The quantitative estimate of drug-likeness (QED) is 0.523. The van der Waals surface area contributed by atoms with Gasteiger partial charge in [0.25, 0.3) is 5.91 Å². The van der Waals surface area contributed by atoms with E-state index in [9.17, 15) is 4.79 Å². The SMILES string of the molecule is Cc1cc(C)c2nc(N(CCN(C)C)C(=O)C=Cc3ccccc3Cl)sc2c1. The summed E-state index contributed by atoms with van der Waals surface area (Å²) in [6.07, 6.45) is 3.33. The van der Waals surface area contributed by atoms with Crippen LogP contribution in [0.25, 0.3) is 16.3 Å². The number of likely N-dealkylation sites (N-methyl/N-ethyl adjacent to an activating group) is 1. The first-order valence-corrected chi connectivity index (χ1v) is 10.3. The van der Waals surface area contributed by atoms with Crippen LogP contribution in [0.3, 0.4) is 0 Å². The number of nitrogens with zero attached hydrogens (tertiary/aromatic N) is 3. The second kappa shape index (κ2) is 8.86. The van der Waals surface area contributed by atoms with Gasteiger partial charge in [0.05, 0.1) is 10.2 Å². The number of fused-ring (bicyclic) bond motifs is 1. The number of aromatic nitrogens is 1. The molecule has 0 saturated carbocycles. The Kier molecular flexibility index (Phi) is 6.50. The van der Waals surface area contributed by atoms with Crippen molar-refractivity contribution in [1.82, 2.24) is 9.88 Å². The maximum atomic E-state index is 13.0. The van der Waals surface area contributed by atoms with Crippen LogP contribution in [0, 0.1) is 13.8 Å². The fourth-order valence-corrected chi connectivity index (χ4v) is 4.31. The van der Waals surface area contributed by atoms with Gasteiger partial charge in [0.1, 0.15) is 0 Å². The largest absolute Gasteiger partial charge is 0.308 e. The molecule has 0 unspecified atom stereocenters. The fraction of sp³-hybridized carbons (Fsp3) is 0.273. The standard InChI is InChI=1S/C22H24ClN3OS/c1-15-13-16(2)21-19(14-15)28-22(24-21)26(12-11-25(3)4)20(27)10-9-17-7-5-6-8-18(17)23/h5-10,13-14H,11-12H2,1-4H3. The molecule has 0 N–H and O–H groups in total. The van der Waals surface area contributed by atoms with Crippen LogP contribution in [0.4, 0.5) is 5.13 Å². The van der Waals surface area contributed by atoms with Gasteiger partial charge in [-0.05, 0) is 62.8 Å². The van der Waals surface area contributed by atoms with Gasteiger partial charge >= 0.3 is 0 Å². The summed E-state index contributed by atoms with van der Waals surface area (Å²) < 4.78 is 1.10. The summed E-state index contributed by atoms with van der Waals surface area (Å²) in [6.45, 7) is 5.45. The minimum Gasteiger partial charge on any atom is -0.308 e. The van der Waals surface area contributed by atoms with Gasteiger partial charge in [-0.25, -0.2) is 4.98 Å². The van der Waals surface area contributed by atoms with E-state index in [-0.39, 0.29) is 5.91 Å². The van der Waals surface area contributed by atoms with Gasteiger partial charge in [-0.3, -0.25) is 9.69 Å². The first kappa shape index (κ1) is 20.5. The van der Waals surface area contributed by atoms with E-state index in [1.807, 2.05) is 38.4 Å². The number of halogens is 1. The fourth-order valence-electron chi connectivity index (χ4n) is 2.94. The molecule has 0 bridgehead atoms. The van der Waals surface area contributed by atoms with Gasteiger partial charge in [-0.1, -0.05) is 47.2 Å². The van der Waals surface area contributed by atoms with Crippen LogP contribution in [-0.2, 0) is 4.79 Å². The van der Waals surface area contributed by atoms with Crippen molar-refractivity contribution in [3.05, 3.63) is 64.2 Å². The van der Waals surface area contributed by atoms with E-state index in [2.05, 4.69) is 30.9 Å². The van der Waals surface area contributed by atoms with Crippen LogP contribution in [0.5, 0.6) is 0 Å². The molecule has 0 aliphatic rings. The third-order valence-electron chi connectivity index (χ3n) is 4.40. The molecule has 0 fully saturated rings. The summed E-state index contributed by atoms with van der Waals surface area (Å²) in [6, 6.07) is 11.7. The number of rotatable bonds is 6. The number of carbonyl (C=O) groups excluding carboxylic acids is 1. The molecule has 3 aromatic rings.